The molecule has 2 heterocycles. The van der Waals surface area contributed by atoms with E-state index in [1.165, 1.54) is 0 Å². The number of ether oxygens (including phenoxy) is 2. The van der Waals surface area contributed by atoms with Crippen molar-refractivity contribution in [2.75, 3.05) is 6.61 Å². The molecule has 1 fully saturated rings. The van der Waals surface area contributed by atoms with Crippen molar-refractivity contribution in [1.29, 1.82) is 5.26 Å². The number of hydrogen-bond acceptors (Lipinski definition) is 6. The van der Waals surface area contributed by atoms with Crippen molar-refractivity contribution in [3.8, 4) is 22.9 Å². The molecule has 8 nitrogen and oxygen atoms in total. The Balaban J connectivity index is 1.35. The van der Waals surface area contributed by atoms with E-state index in [-0.39, 0.29) is 19.6 Å². The van der Waals surface area contributed by atoms with Gasteiger partial charge in [-0.25, -0.2) is 4.79 Å². The highest BCUT2D eigenvalue weighted by atomic mass is 16.5. The fraction of sp³-hybridized carbons (Fsp3) is 0.235. The van der Waals surface area contributed by atoms with Crippen LogP contribution < -0.4 is 5.32 Å². The van der Waals surface area contributed by atoms with E-state index in [2.05, 4.69) is 11.4 Å². The van der Waals surface area contributed by atoms with Crippen LogP contribution in [0.2, 0.25) is 0 Å². The molecule has 0 bridgehead atoms. The van der Waals surface area contributed by atoms with Crippen LogP contribution in [0.3, 0.4) is 0 Å². The summed E-state index contributed by atoms with van der Waals surface area (Å²) in [6.45, 7) is 4.01. The second-order valence-electron chi connectivity index (χ2n) is 11.0. The van der Waals surface area contributed by atoms with Crippen molar-refractivity contribution < 1.29 is 23.9 Å². The molecular formula is C34H31N3O5. The van der Waals surface area contributed by atoms with Gasteiger partial charge in [0.15, 0.2) is 0 Å². The fourth-order valence-electron chi connectivity index (χ4n) is 4.91. The molecule has 212 valence electrons. The van der Waals surface area contributed by atoms with E-state index >= 15 is 0 Å². The summed E-state index contributed by atoms with van der Waals surface area (Å²) in [7, 11) is 0. The average molecular weight is 562 g/mol. The number of amides is 1. The maximum Gasteiger partial charge on any atom is 0.329 e. The summed E-state index contributed by atoms with van der Waals surface area (Å²) in [6.07, 6.45) is 3.45. The molecule has 4 aromatic rings. The van der Waals surface area contributed by atoms with Crippen molar-refractivity contribution in [2.24, 2.45) is 5.41 Å². The number of nitrogens with zero attached hydrogens (tertiary/aromatic N) is 2. The molecule has 0 spiro atoms. The first-order chi connectivity index (χ1) is 20.2. The van der Waals surface area contributed by atoms with Gasteiger partial charge in [0.25, 0.3) is 0 Å². The number of rotatable bonds is 9. The number of esters is 2. The summed E-state index contributed by atoms with van der Waals surface area (Å²) in [6, 6.07) is 27.7. The molecule has 1 amide bonds. The van der Waals surface area contributed by atoms with Crippen LogP contribution in [-0.4, -0.2) is 35.1 Å². The van der Waals surface area contributed by atoms with Gasteiger partial charge in [0, 0.05) is 23.5 Å². The zero-order valence-electron chi connectivity index (χ0n) is 23.4. The lowest BCUT2D eigenvalue weighted by Crippen LogP contribution is -2.48. The van der Waals surface area contributed by atoms with Gasteiger partial charge in [0.05, 0.1) is 30.6 Å². The Hall–Kier alpha value is -5.16. The van der Waals surface area contributed by atoms with Gasteiger partial charge in [0.2, 0.25) is 5.91 Å². The molecule has 5 rings (SSSR count). The van der Waals surface area contributed by atoms with Gasteiger partial charge in [-0.15, -0.1) is 0 Å². The summed E-state index contributed by atoms with van der Waals surface area (Å²) < 4.78 is 12.6. The molecule has 8 heteroatoms. The molecule has 2 atom stereocenters. The van der Waals surface area contributed by atoms with E-state index in [0.717, 1.165) is 22.4 Å². The first-order valence-electron chi connectivity index (χ1n) is 13.7. The molecular weight excluding hydrogens is 530 g/mol. The number of carbonyl (C=O) groups is 3. The summed E-state index contributed by atoms with van der Waals surface area (Å²) in [5.74, 6) is -2.33. The minimum Gasteiger partial charge on any atom is -0.463 e. The van der Waals surface area contributed by atoms with Crippen LogP contribution in [0.15, 0.2) is 97.3 Å². The number of nitrogens with one attached hydrogen (secondary N) is 1. The predicted molar refractivity (Wildman–Crippen MR) is 156 cm³/mol. The smallest absolute Gasteiger partial charge is 0.329 e. The van der Waals surface area contributed by atoms with E-state index in [1.54, 1.807) is 18.2 Å². The Morgan fingerprint density at radius 1 is 1.02 bits per heavy atom. The molecule has 1 aliphatic rings. The topological polar surface area (TPSA) is 110 Å². The lowest BCUT2D eigenvalue weighted by Gasteiger charge is -2.25. The minimum atomic E-state index is -0.878. The van der Waals surface area contributed by atoms with Crippen LogP contribution in [0.5, 0.6) is 0 Å². The molecule has 3 aromatic carbocycles. The second kappa shape index (κ2) is 12.1. The van der Waals surface area contributed by atoms with Crippen LogP contribution in [0.4, 0.5) is 0 Å². The van der Waals surface area contributed by atoms with Crippen LogP contribution in [-0.2, 0) is 30.5 Å². The highest BCUT2D eigenvalue weighted by Gasteiger charge is 2.45. The largest absolute Gasteiger partial charge is 0.463 e. The highest BCUT2D eigenvalue weighted by Crippen LogP contribution is 2.31. The van der Waals surface area contributed by atoms with Crippen LogP contribution >= 0.6 is 0 Å². The number of benzene rings is 3. The third kappa shape index (κ3) is 6.42. The summed E-state index contributed by atoms with van der Waals surface area (Å²) in [4.78, 5) is 38.9. The molecule has 1 aromatic heterocycles. The normalized spacial score (nSPS) is 16.2. The van der Waals surface area contributed by atoms with Gasteiger partial charge in [-0.05, 0) is 52.6 Å². The molecule has 1 saturated heterocycles. The Kier molecular flexibility index (Phi) is 8.21. The quantitative estimate of drug-likeness (QED) is 0.278. The van der Waals surface area contributed by atoms with Gasteiger partial charge in [-0.3, -0.25) is 9.59 Å². The monoisotopic (exact) mass is 561 g/mol. The van der Waals surface area contributed by atoms with Crippen LogP contribution in [0.1, 0.15) is 42.9 Å². The van der Waals surface area contributed by atoms with Crippen LogP contribution in [0, 0.1) is 16.7 Å². The molecule has 42 heavy (non-hydrogen) atoms. The van der Waals surface area contributed by atoms with E-state index in [0.29, 0.717) is 11.1 Å². The second-order valence-corrected chi connectivity index (χ2v) is 11.0. The number of hydrogen-bond donors (Lipinski definition) is 1. The number of aromatic nitrogens is 1. The average Bonchev–Trinajstić information content (AvgIpc) is 3.60. The molecule has 0 radical (unpaired) electrons. The lowest BCUT2D eigenvalue weighted by molar-refractivity contribution is -0.147. The van der Waals surface area contributed by atoms with E-state index < -0.39 is 35.2 Å². The zero-order valence-corrected chi connectivity index (χ0v) is 23.4. The SMILES string of the molecule is CC1(C)COC(=O)C1NC(=O)C(CC(=O)OCc1ccccc1)c1ccn(-c2ccc(-c3ccc(C#N)cc3)cc2)c1. The Bertz CT molecular complexity index is 1620. The maximum atomic E-state index is 13.6. The van der Waals surface area contributed by atoms with Crippen molar-refractivity contribution in [2.45, 2.75) is 38.8 Å². The van der Waals surface area contributed by atoms with Gasteiger partial charge < -0.3 is 19.4 Å². The predicted octanol–water partition coefficient (Wildman–Crippen LogP) is 5.30. The number of cyclic esters (lactones) is 1. The Morgan fingerprint density at radius 2 is 1.69 bits per heavy atom. The molecule has 1 N–H and O–H groups in total. The van der Waals surface area contributed by atoms with Crippen molar-refractivity contribution in [3.63, 3.8) is 0 Å². The standard InChI is InChI=1S/C34H31N3O5/c1-34(2)22-42-33(40)31(34)36-32(39)29(18-30(38)41-21-24-6-4-3-5-7-24)27-16-17-37(20-27)28-14-12-26(13-15-28)25-10-8-23(19-35)9-11-25/h3-17,20,29,31H,18,21-22H2,1-2H3,(H,36,39). The molecule has 0 saturated carbocycles. The van der Waals surface area contributed by atoms with Gasteiger partial charge in [0.1, 0.15) is 12.6 Å². The molecule has 1 aliphatic heterocycles. The van der Waals surface area contributed by atoms with Crippen molar-refractivity contribution in [3.05, 3.63) is 114 Å². The minimum absolute atomic E-state index is 0.0998. The first kappa shape index (κ1) is 28.4. The van der Waals surface area contributed by atoms with Gasteiger partial charge in [-0.1, -0.05) is 68.4 Å². The molecule has 0 aliphatic carbocycles. The summed E-state index contributed by atoms with van der Waals surface area (Å²) >= 11 is 0. The van der Waals surface area contributed by atoms with E-state index in [4.69, 9.17) is 14.7 Å². The first-order valence-corrected chi connectivity index (χ1v) is 13.7. The third-order valence-corrected chi connectivity index (χ3v) is 7.45. The third-order valence-electron chi connectivity index (χ3n) is 7.45. The van der Waals surface area contributed by atoms with Crippen LogP contribution in [0.25, 0.3) is 16.8 Å². The number of carbonyl (C=O) groups excluding carboxylic acids is 3. The van der Waals surface area contributed by atoms with Gasteiger partial charge >= 0.3 is 11.9 Å². The Labute approximate surface area is 244 Å². The molecule has 2 unspecified atom stereocenters. The number of nitriles is 1. The highest BCUT2D eigenvalue weighted by molar-refractivity contribution is 5.92. The maximum absolute atomic E-state index is 13.6. The lowest BCUT2D eigenvalue weighted by atomic mass is 9.86. The summed E-state index contributed by atoms with van der Waals surface area (Å²) in [5.41, 5.74) is 4.35. The van der Waals surface area contributed by atoms with Gasteiger partial charge in [-0.2, -0.15) is 5.26 Å². The van der Waals surface area contributed by atoms with Crippen molar-refractivity contribution in [1.82, 2.24) is 9.88 Å². The Morgan fingerprint density at radius 3 is 2.31 bits per heavy atom. The fourth-order valence-corrected chi connectivity index (χ4v) is 4.91. The van der Waals surface area contributed by atoms with E-state index in [1.807, 2.05) is 97.5 Å². The van der Waals surface area contributed by atoms with Crippen molar-refractivity contribution >= 4 is 17.8 Å². The zero-order chi connectivity index (χ0) is 29.7. The van der Waals surface area contributed by atoms with E-state index in [9.17, 15) is 14.4 Å². The summed E-state index contributed by atoms with van der Waals surface area (Å²) in [5, 5.41) is 11.9.